The fourth-order valence-corrected chi connectivity index (χ4v) is 4.76. The molecule has 0 fully saturated rings. The van der Waals surface area contributed by atoms with Gasteiger partial charge in [-0.2, -0.15) is 0 Å². The van der Waals surface area contributed by atoms with Gasteiger partial charge in [-0.3, -0.25) is 14.3 Å². The molecule has 0 spiro atoms. The first kappa shape index (κ1) is 33.7. The summed E-state index contributed by atoms with van der Waals surface area (Å²) in [6, 6.07) is 0. The van der Waals surface area contributed by atoms with Crippen molar-refractivity contribution in [2.45, 2.75) is 90.1 Å². The number of ketones is 1. The average Bonchev–Trinajstić information content (AvgIpc) is 3.12. The summed E-state index contributed by atoms with van der Waals surface area (Å²) in [6.07, 6.45) is 16.3. The van der Waals surface area contributed by atoms with Gasteiger partial charge in [0.2, 0.25) is 5.78 Å². The van der Waals surface area contributed by atoms with Crippen LogP contribution in [0.25, 0.3) is 0 Å². The quantitative estimate of drug-likeness (QED) is 0.0739. The molecule has 0 saturated carbocycles. The van der Waals surface area contributed by atoms with Crippen molar-refractivity contribution in [1.29, 1.82) is 0 Å². The van der Waals surface area contributed by atoms with Crippen LogP contribution in [0.3, 0.4) is 0 Å². The third-order valence-corrected chi connectivity index (χ3v) is 6.64. The minimum atomic E-state index is -4.54. The maximum atomic E-state index is 12.8. The van der Waals surface area contributed by atoms with Crippen LogP contribution in [0.4, 0.5) is 0 Å². The van der Waals surface area contributed by atoms with Gasteiger partial charge < -0.3 is 14.8 Å². The van der Waals surface area contributed by atoms with E-state index < -0.39 is 22.0 Å². The van der Waals surface area contributed by atoms with E-state index in [2.05, 4.69) is 19.1 Å². The van der Waals surface area contributed by atoms with Crippen molar-refractivity contribution in [2.75, 3.05) is 38.5 Å². The van der Waals surface area contributed by atoms with E-state index in [0.29, 0.717) is 31.9 Å². The van der Waals surface area contributed by atoms with Crippen molar-refractivity contribution >= 4 is 21.7 Å². The van der Waals surface area contributed by atoms with Gasteiger partial charge in [-0.05, 0) is 32.1 Å². The minimum Gasteiger partial charge on any atom is -0.748 e. The first-order valence-corrected chi connectivity index (χ1v) is 14.1. The largest absolute Gasteiger partial charge is 1.00 e. The van der Waals surface area contributed by atoms with E-state index in [4.69, 9.17) is 0 Å². The van der Waals surface area contributed by atoms with E-state index in [-0.39, 0.29) is 48.5 Å². The van der Waals surface area contributed by atoms with Crippen LogP contribution >= 0.6 is 0 Å². The Hall–Kier alpha value is -0.290. The Morgan fingerprint density at radius 3 is 2.26 bits per heavy atom. The number of carbonyl (C=O) groups is 1. The molecule has 34 heavy (non-hydrogen) atoms. The monoisotopic (exact) mass is 511 g/mol. The molecule has 0 bridgehead atoms. The molecule has 0 aromatic rings. The molecule has 1 aliphatic heterocycles. The van der Waals surface area contributed by atoms with E-state index in [1.165, 1.54) is 44.9 Å². The molecule has 10 heteroatoms. The van der Waals surface area contributed by atoms with E-state index in [0.717, 1.165) is 25.7 Å². The number of aliphatic hydroxyl groups excluding tert-OH is 2. The number of nitrogens with zero attached hydrogens (tertiary/aromatic N) is 2. The first-order chi connectivity index (χ1) is 15.8. The van der Waals surface area contributed by atoms with Gasteiger partial charge in [0.05, 0.1) is 22.5 Å². The summed E-state index contributed by atoms with van der Waals surface area (Å²) in [5, 5.41) is 19.2. The number of carbonyl (C=O) groups excluding carboxylic acids is 1. The van der Waals surface area contributed by atoms with E-state index in [1.807, 2.05) is 0 Å². The maximum Gasteiger partial charge on any atom is 1.00 e. The molecule has 8 nitrogen and oxygen atoms in total. The number of β-amino-alcohol motifs (C(OH)–C–C–N with tert-alkyl or cyclic N) is 2. The summed E-state index contributed by atoms with van der Waals surface area (Å²) < 4.78 is 34.3. The molecule has 1 aliphatic rings. The molecule has 192 valence electrons. The summed E-state index contributed by atoms with van der Waals surface area (Å²) >= 11 is 0. The average molecular weight is 512 g/mol. The van der Waals surface area contributed by atoms with Crippen molar-refractivity contribution in [3.8, 4) is 0 Å². The molecule has 1 rings (SSSR count). The third kappa shape index (κ3) is 15.7. The fraction of sp³-hybridized carbons (Fsp3) is 0.833. The standard InChI is InChI=1S/C24H44N2O6S.Na/c1-2-3-4-5-6-7-8-9-10-11-12-13-14-15-23(29)24-25(18-19-27)16-17-26(24)20-22(28)21-33(30,31)32;/h10-11,22,27-28H,2-9,12-21H2,1H3;/q;+1/b11-10+;. The van der Waals surface area contributed by atoms with Gasteiger partial charge >= 0.3 is 35.4 Å². The molecular formula is C24H44N2NaO6S+. The van der Waals surface area contributed by atoms with Crippen LogP contribution in [0, 0.1) is 0 Å². The van der Waals surface area contributed by atoms with Gasteiger partial charge in [0.1, 0.15) is 32.3 Å². The van der Waals surface area contributed by atoms with Gasteiger partial charge in [-0.1, -0.05) is 57.6 Å². The number of amidine groups is 1. The van der Waals surface area contributed by atoms with Crippen molar-refractivity contribution in [3.05, 3.63) is 12.2 Å². The normalized spacial score (nSPS) is 15.2. The number of unbranched alkanes of at least 4 members (excludes halogenated alkanes) is 9. The Labute approximate surface area is 228 Å². The number of aliphatic hydroxyl groups is 2. The maximum absolute atomic E-state index is 12.8. The molecule has 0 aromatic carbocycles. The minimum absolute atomic E-state index is 0. The first-order valence-electron chi connectivity index (χ1n) is 12.6. The van der Waals surface area contributed by atoms with Crippen LogP contribution in [0.1, 0.15) is 84.0 Å². The van der Waals surface area contributed by atoms with Gasteiger partial charge in [-0.15, -0.1) is 0 Å². The zero-order chi connectivity index (χ0) is 24.5. The van der Waals surface area contributed by atoms with Crippen molar-refractivity contribution in [3.63, 3.8) is 0 Å². The third-order valence-electron chi connectivity index (χ3n) is 5.85. The number of Topliss-reactive ketones (excluding diaryl/α,β-unsaturated/α-hetero) is 1. The van der Waals surface area contributed by atoms with Crippen LogP contribution in [-0.4, -0.2) is 88.9 Å². The van der Waals surface area contributed by atoms with Crippen LogP contribution in [0.2, 0.25) is 0 Å². The van der Waals surface area contributed by atoms with Gasteiger partial charge in [0.25, 0.3) is 0 Å². The number of rotatable bonds is 20. The topological polar surface area (TPSA) is 121 Å². The molecule has 1 atom stereocenters. The fourth-order valence-electron chi connectivity index (χ4n) is 4.18. The molecule has 2 N–H and O–H groups in total. The van der Waals surface area contributed by atoms with Crippen LogP contribution in [0.5, 0.6) is 0 Å². The smallest absolute Gasteiger partial charge is 0.748 e. The summed E-state index contributed by atoms with van der Waals surface area (Å²) in [6.45, 7) is 3.29. The number of hydrogen-bond donors (Lipinski definition) is 2. The molecule has 0 amide bonds. The Morgan fingerprint density at radius 1 is 1.09 bits per heavy atom. The molecule has 0 aliphatic carbocycles. The van der Waals surface area contributed by atoms with Crippen molar-refractivity contribution in [2.24, 2.45) is 0 Å². The van der Waals surface area contributed by atoms with E-state index >= 15 is 0 Å². The number of hydrogen-bond acceptors (Lipinski definition) is 7. The molecule has 1 heterocycles. The van der Waals surface area contributed by atoms with E-state index in [9.17, 15) is 28.0 Å². The summed E-state index contributed by atoms with van der Waals surface area (Å²) in [4.78, 5) is 14.6. The van der Waals surface area contributed by atoms with E-state index in [1.54, 1.807) is 9.48 Å². The zero-order valence-corrected chi connectivity index (χ0v) is 24.1. The van der Waals surface area contributed by atoms with Crippen LogP contribution < -0.4 is 29.6 Å². The van der Waals surface area contributed by atoms with Crippen molar-refractivity contribution in [1.82, 2.24) is 4.90 Å². The van der Waals surface area contributed by atoms with Crippen LogP contribution in [-0.2, 0) is 14.9 Å². The summed E-state index contributed by atoms with van der Waals surface area (Å²) in [7, 11) is -4.54. The molecule has 0 saturated heterocycles. The van der Waals surface area contributed by atoms with Crippen molar-refractivity contribution < 1.29 is 62.1 Å². The van der Waals surface area contributed by atoms with Crippen LogP contribution in [0.15, 0.2) is 12.2 Å². The Morgan fingerprint density at radius 2 is 1.68 bits per heavy atom. The Kier molecular flexibility index (Phi) is 19.7. The summed E-state index contributed by atoms with van der Waals surface area (Å²) in [5.74, 6) is -0.554. The molecule has 1 unspecified atom stereocenters. The second-order valence-corrected chi connectivity index (χ2v) is 10.4. The Balaban J connectivity index is 0.0000109. The van der Waals surface area contributed by atoms with Gasteiger partial charge in [0, 0.05) is 6.42 Å². The number of allylic oxidation sites excluding steroid dienone is 2. The SMILES string of the molecule is CCCCCCCCC/C=C/CCCCC(=O)C1=[N+](CC(O)CS(=O)(=O)[O-])CCN1CCO.[Na+]. The molecular weight excluding hydrogens is 467 g/mol. The molecule has 0 aromatic heterocycles. The molecule has 0 radical (unpaired) electrons. The second kappa shape index (κ2) is 19.8. The summed E-state index contributed by atoms with van der Waals surface area (Å²) in [5.41, 5.74) is 0. The predicted octanol–water partition coefficient (Wildman–Crippen LogP) is -0.558. The zero-order valence-electron chi connectivity index (χ0n) is 21.3. The van der Waals surface area contributed by atoms with Gasteiger partial charge in [0.15, 0.2) is 0 Å². The second-order valence-electron chi connectivity index (χ2n) is 8.91. The Bertz CT molecular complexity index is 727. The predicted molar refractivity (Wildman–Crippen MR) is 129 cm³/mol. The van der Waals surface area contributed by atoms with Gasteiger partial charge in [-0.25, -0.2) is 8.42 Å².